The molecule has 0 radical (unpaired) electrons. The molecular weight excluding hydrogens is 273 g/mol. The van der Waals surface area contributed by atoms with Crippen LogP contribution in [0.15, 0.2) is 24.3 Å². The summed E-state index contributed by atoms with van der Waals surface area (Å²) in [4.78, 5) is 0. The van der Waals surface area contributed by atoms with E-state index in [1.165, 1.54) is 30.6 Å². The molecule has 2 rings (SSSR count). The van der Waals surface area contributed by atoms with Gasteiger partial charge in [0.05, 0.1) is 20.6 Å². The maximum absolute atomic E-state index is 2.29. The fourth-order valence-electron chi connectivity index (χ4n) is 2.10. The average Bonchev–Trinajstić information content (AvgIpc) is 2.04. The van der Waals surface area contributed by atoms with Crippen LogP contribution in [0.4, 0.5) is 5.69 Å². The van der Waals surface area contributed by atoms with Crippen LogP contribution in [0.2, 0.25) is 0 Å². The first-order valence-electron chi connectivity index (χ1n) is 4.62. The van der Waals surface area contributed by atoms with E-state index in [0.717, 1.165) is 4.48 Å². The van der Waals surface area contributed by atoms with E-state index < -0.39 is 0 Å². The first-order valence-corrected chi connectivity index (χ1v) is 4.62. The van der Waals surface area contributed by atoms with Gasteiger partial charge in [-0.15, -0.1) is 0 Å². The lowest BCUT2D eigenvalue weighted by Gasteiger charge is -2.34. The van der Waals surface area contributed by atoms with Gasteiger partial charge >= 0.3 is 0 Å². The number of fused-ring (bicyclic) bond motifs is 1. The minimum atomic E-state index is 0. The topological polar surface area (TPSA) is 0 Å². The van der Waals surface area contributed by atoms with Crippen LogP contribution in [-0.4, -0.2) is 20.6 Å². The zero-order valence-corrected chi connectivity index (χ0v) is 10.4. The van der Waals surface area contributed by atoms with E-state index in [4.69, 9.17) is 0 Å². The summed E-state index contributed by atoms with van der Waals surface area (Å²) in [5.74, 6) is 0. The van der Waals surface area contributed by atoms with Gasteiger partial charge in [-0.1, -0.05) is 18.2 Å². The van der Waals surface area contributed by atoms with Gasteiger partial charge in [-0.25, -0.2) is 0 Å². The van der Waals surface area contributed by atoms with Gasteiger partial charge < -0.3 is 24.0 Å². The molecule has 0 saturated carbocycles. The number of quaternary nitrogens is 1. The minimum absolute atomic E-state index is 0. The van der Waals surface area contributed by atoms with Crippen molar-refractivity contribution in [2.75, 3.05) is 20.6 Å². The third-order valence-electron chi connectivity index (χ3n) is 2.81. The largest absolute Gasteiger partial charge is 1.00 e. The summed E-state index contributed by atoms with van der Waals surface area (Å²) in [7, 11) is 4.58. The molecule has 0 spiro atoms. The molecule has 2 heteroatoms. The van der Waals surface area contributed by atoms with Crippen LogP contribution in [0.5, 0.6) is 0 Å². The molecule has 0 fully saturated rings. The molecule has 1 nitrogen and oxygen atoms in total. The van der Waals surface area contributed by atoms with E-state index in [1.54, 1.807) is 0 Å². The molecule has 1 aromatic carbocycles. The van der Waals surface area contributed by atoms with Crippen molar-refractivity contribution < 1.29 is 24.0 Å². The molecule has 72 valence electrons. The van der Waals surface area contributed by atoms with Gasteiger partial charge in [-0.05, 0) is 12.5 Å². The van der Waals surface area contributed by atoms with E-state index in [9.17, 15) is 0 Å². The second-order valence-electron chi connectivity index (χ2n) is 4.14. The Balaban J connectivity index is 0.000000845. The lowest BCUT2D eigenvalue weighted by Crippen LogP contribution is -3.00. The first-order chi connectivity index (χ1) is 5.70. The Kier molecular flexibility index (Phi) is 3.35. The predicted octanol–water partition coefficient (Wildman–Crippen LogP) is -0.796. The fraction of sp³-hybridized carbons (Fsp3) is 0.455. The zero-order valence-electron chi connectivity index (χ0n) is 8.26. The summed E-state index contributed by atoms with van der Waals surface area (Å²) >= 11 is 0. The van der Waals surface area contributed by atoms with Crippen molar-refractivity contribution in [2.24, 2.45) is 0 Å². The third kappa shape index (κ3) is 2.05. The molecule has 1 aromatic rings. The van der Waals surface area contributed by atoms with Gasteiger partial charge in [-0.3, -0.25) is 4.48 Å². The van der Waals surface area contributed by atoms with E-state index in [1.807, 2.05) is 0 Å². The van der Waals surface area contributed by atoms with Crippen molar-refractivity contribution in [2.45, 2.75) is 12.8 Å². The highest BCUT2D eigenvalue weighted by Crippen LogP contribution is 2.29. The number of aryl methyl sites for hydroxylation is 1. The quantitative estimate of drug-likeness (QED) is 0.433. The number of halogens is 1. The molecule has 13 heavy (non-hydrogen) atoms. The molecule has 0 aliphatic carbocycles. The number of nitrogens with zero attached hydrogens (tertiary/aromatic N) is 1. The third-order valence-corrected chi connectivity index (χ3v) is 2.81. The highest BCUT2D eigenvalue weighted by molar-refractivity contribution is 5.51. The fourth-order valence-corrected chi connectivity index (χ4v) is 2.10. The van der Waals surface area contributed by atoms with Gasteiger partial charge in [0.15, 0.2) is 0 Å². The van der Waals surface area contributed by atoms with Crippen molar-refractivity contribution in [3.8, 4) is 0 Å². The van der Waals surface area contributed by atoms with Crippen LogP contribution in [0.25, 0.3) is 0 Å². The lowest BCUT2D eigenvalue weighted by atomic mass is 10.0. The van der Waals surface area contributed by atoms with Gasteiger partial charge in [0.25, 0.3) is 0 Å². The Morgan fingerprint density at radius 1 is 1.15 bits per heavy atom. The zero-order chi connectivity index (χ0) is 8.60. The Labute approximate surface area is 97.4 Å². The van der Waals surface area contributed by atoms with Crippen LogP contribution in [0.3, 0.4) is 0 Å². The number of hydrogen-bond acceptors (Lipinski definition) is 0. The standard InChI is InChI=1S/C11H16N.HI/c1-12(2)9-5-7-10-6-3-4-8-11(10)12;/h3-4,6,8H,5,7,9H2,1-2H3;1H/q+1;/p-1. The summed E-state index contributed by atoms with van der Waals surface area (Å²) in [5.41, 5.74) is 3.04. The Bertz CT molecular complexity index is 294. The van der Waals surface area contributed by atoms with Gasteiger partial charge in [0.2, 0.25) is 0 Å². The van der Waals surface area contributed by atoms with Crippen molar-refractivity contribution >= 4 is 5.69 Å². The predicted molar refractivity (Wildman–Crippen MR) is 53.3 cm³/mol. The SMILES string of the molecule is C[N+]1(C)CCCc2ccccc21.[I-]. The first kappa shape index (κ1) is 11.0. The second-order valence-corrected chi connectivity index (χ2v) is 4.14. The van der Waals surface area contributed by atoms with E-state index in [0.29, 0.717) is 0 Å². The number of hydrogen-bond donors (Lipinski definition) is 0. The number of para-hydroxylation sites is 1. The maximum atomic E-state index is 2.29. The molecule has 0 unspecified atom stereocenters. The summed E-state index contributed by atoms with van der Waals surface area (Å²) in [6.45, 7) is 1.27. The van der Waals surface area contributed by atoms with Gasteiger partial charge in [0, 0.05) is 12.0 Å². The van der Waals surface area contributed by atoms with E-state index in [-0.39, 0.29) is 24.0 Å². The van der Waals surface area contributed by atoms with Crippen molar-refractivity contribution in [1.29, 1.82) is 0 Å². The van der Waals surface area contributed by atoms with Crippen molar-refractivity contribution in [1.82, 2.24) is 4.48 Å². The highest BCUT2D eigenvalue weighted by Gasteiger charge is 2.25. The van der Waals surface area contributed by atoms with Crippen LogP contribution in [0, 0.1) is 0 Å². The highest BCUT2D eigenvalue weighted by atomic mass is 127. The molecular formula is C11H16IN. The van der Waals surface area contributed by atoms with E-state index >= 15 is 0 Å². The molecule has 0 aromatic heterocycles. The monoisotopic (exact) mass is 289 g/mol. The van der Waals surface area contributed by atoms with Gasteiger partial charge in [0.1, 0.15) is 5.69 Å². The summed E-state index contributed by atoms with van der Waals surface area (Å²) < 4.78 is 1.05. The van der Waals surface area contributed by atoms with Gasteiger partial charge in [-0.2, -0.15) is 0 Å². The minimum Gasteiger partial charge on any atom is -1.00 e. The Morgan fingerprint density at radius 3 is 2.54 bits per heavy atom. The van der Waals surface area contributed by atoms with Crippen molar-refractivity contribution in [3.63, 3.8) is 0 Å². The molecule has 0 amide bonds. The van der Waals surface area contributed by atoms with Crippen LogP contribution in [-0.2, 0) is 6.42 Å². The van der Waals surface area contributed by atoms with Crippen LogP contribution < -0.4 is 28.5 Å². The number of rotatable bonds is 0. The lowest BCUT2D eigenvalue weighted by molar-refractivity contribution is -0.00000266. The second kappa shape index (κ2) is 3.96. The summed E-state index contributed by atoms with van der Waals surface area (Å²) in [6, 6.07) is 8.80. The smallest absolute Gasteiger partial charge is 0.135 e. The maximum Gasteiger partial charge on any atom is 0.135 e. The summed E-state index contributed by atoms with van der Waals surface area (Å²) in [6.07, 6.45) is 2.59. The Morgan fingerprint density at radius 2 is 1.85 bits per heavy atom. The molecule has 1 aliphatic rings. The molecule has 0 bridgehead atoms. The van der Waals surface area contributed by atoms with E-state index in [2.05, 4.69) is 38.4 Å². The molecule has 1 heterocycles. The summed E-state index contributed by atoms with van der Waals surface area (Å²) in [5, 5.41) is 0. The molecule has 1 aliphatic heterocycles. The van der Waals surface area contributed by atoms with Crippen LogP contribution >= 0.6 is 0 Å². The molecule has 0 N–H and O–H groups in total. The number of benzene rings is 1. The average molecular weight is 289 g/mol. The normalized spacial score (nSPS) is 18.6. The Hall–Kier alpha value is -0.0900. The molecule has 0 atom stereocenters. The van der Waals surface area contributed by atoms with Crippen molar-refractivity contribution in [3.05, 3.63) is 29.8 Å². The van der Waals surface area contributed by atoms with Crippen LogP contribution in [0.1, 0.15) is 12.0 Å². The molecule has 0 saturated heterocycles.